The molecule has 1 rings (SSSR count). The first-order valence-corrected chi connectivity index (χ1v) is 5.77. The van der Waals surface area contributed by atoms with Crippen molar-refractivity contribution in [2.45, 2.75) is 13.8 Å². The Morgan fingerprint density at radius 2 is 2.06 bits per heavy atom. The van der Waals surface area contributed by atoms with E-state index in [4.69, 9.17) is 11.6 Å². The third-order valence-electron chi connectivity index (χ3n) is 2.30. The zero-order valence-corrected chi connectivity index (χ0v) is 10.9. The van der Waals surface area contributed by atoms with Crippen LogP contribution in [0.25, 0.3) is 0 Å². The summed E-state index contributed by atoms with van der Waals surface area (Å²) in [5, 5.41) is 2.54. The molecular formula is C12H14ClFN2O2. The second-order valence-corrected chi connectivity index (χ2v) is 4.16. The molecule has 0 unspecified atom stereocenters. The fourth-order valence-corrected chi connectivity index (χ4v) is 1.64. The fraction of sp³-hybridized carbons (Fsp3) is 0.333. The summed E-state index contributed by atoms with van der Waals surface area (Å²) >= 11 is 5.66. The van der Waals surface area contributed by atoms with E-state index in [2.05, 4.69) is 5.32 Å². The lowest BCUT2D eigenvalue weighted by Crippen LogP contribution is -2.36. The summed E-state index contributed by atoms with van der Waals surface area (Å²) in [5.41, 5.74) is 0.499. The van der Waals surface area contributed by atoms with Gasteiger partial charge >= 0.3 is 0 Å². The van der Waals surface area contributed by atoms with Crippen LogP contribution < -0.4 is 10.2 Å². The number of carbonyl (C=O) groups excluding carboxylic acids is 2. The molecule has 0 aliphatic carbocycles. The first kappa shape index (κ1) is 14.4. The van der Waals surface area contributed by atoms with Gasteiger partial charge in [0.1, 0.15) is 5.82 Å². The smallest absolute Gasteiger partial charge is 0.223 e. The first-order chi connectivity index (χ1) is 8.41. The van der Waals surface area contributed by atoms with E-state index in [1.54, 1.807) is 0 Å². The SMILES string of the molecule is CC(=O)NCCN(C(C)=O)c1ccc(F)c(Cl)c1. The van der Waals surface area contributed by atoms with Gasteiger partial charge in [-0.05, 0) is 18.2 Å². The Labute approximate surface area is 110 Å². The minimum Gasteiger partial charge on any atom is -0.355 e. The van der Waals surface area contributed by atoms with Gasteiger partial charge in [0, 0.05) is 32.6 Å². The number of hydrogen-bond acceptors (Lipinski definition) is 2. The molecule has 1 aromatic carbocycles. The Balaban J connectivity index is 2.80. The molecule has 1 aromatic rings. The third-order valence-corrected chi connectivity index (χ3v) is 2.59. The first-order valence-electron chi connectivity index (χ1n) is 5.39. The summed E-state index contributed by atoms with van der Waals surface area (Å²) in [6.07, 6.45) is 0. The number of nitrogens with zero attached hydrogens (tertiary/aromatic N) is 1. The van der Waals surface area contributed by atoms with Crippen LogP contribution in [0.5, 0.6) is 0 Å². The summed E-state index contributed by atoms with van der Waals surface area (Å²) in [7, 11) is 0. The van der Waals surface area contributed by atoms with Gasteiger partial charge in [-0.2, -0.15) is 0 Å². The van der Waals surface area contributed by atoms with Crippen molar-refractivity contribution in [3.63, 3.8) is 0 Å². The number of anilines is 1. The molecule has 0 fully saturated rings. The molecule has 0 bridgehead atoms. The molecule has 0 atom stereocenters. The topological polar surface area (TPSA) is 49.4 Å². The average Bonchev–Trinajstić information content (AvgIpc) is 2.27. The van der Waals surface area contributed by atoms with Crippen LogP contribution in [0.3, 0.4) is 0 Å². The van der Waals surface area contributed by atoms with Crippen LogP contribution in [-0.4, -0.2) is 24.9 Å². The standard InChI is InChI=1S/C12H14ClFN2O2/c1-8(17)15-5-6-16(9(2)18)10-3-4-12(14)11(13)7-10/h3-4,7H,5-6H2,1-2H3,(H,15,17). The minimum absolute atomic E-state index is 0.0433. The van der Waals surface area contributed by atoms with E-state index in [-0.39, 0.29) is 16.8 Å². The Bertz CT molecular complexity index is 465. The number of benzene rings is 1. The highest BCUT2D eigenvalue weighted by Crippen LogP contribution is 2.22. The number of halogens is 2. The van der Waals surface area contributed by atoms with E-state index in [0.717, 1.165) is 0 Å². The highest BCUT2D eigenvalue weighted by Gasteiger charge is 2.12. The molecule has 0 aliphatic heterocycles. The molecule has 0 spiro atoms. The lowest BCUT2D eigenvalue weighted by atomic mass is 10.2. The van der Waals surface area contributed by atoms with E-state index >= 15 is 0 Å². The summed E-state index contributed by atoms with van der Waals surface area (Å²) in [5.74, 6) is -0.913. The van der Waals surface area contributed by atoms with Crippen molar-refractivity contribution in [3.05, 3.63) is 29.0 Å². The monoisotopic (exact) mass is 272 g/mol. The van der Waals surface area contributed by atoms with Gasteiger partial charge in [0.25, 0.3) is 0 Å². The third kappa shape index (κ3) is 4.00. The number of amides is 2. The lowest BCUT2D eigenvalue weighted by molar-refractivity contribution is -0.119. The van der Waals surface area contributed by atoms with E-state index < -0.39 is 5.82 Å². The molecule has 6 heteroatoms. The van der Waals surface area contributed by atoms with E-state index in [0.29, 0.717) is 18.8 Å². The average molecular weight is 273 g/mol. The highest BCUT2D eigenvalue weighted by atomic mass is 35.5. The largest absolute Gasteiger partial charge is 0.355 e. The van der Waals surface area contributed by atoms with Gasteiger partial charge in [0.2, 0.25) is 11.8 Å². The van der Waals surface area contributed by atoms with Gasteiger partial charge in [-0.15, -0.1) is 0 Å². The van der Waals surface area contributed by atoms with Crippen LogP contribution in [-0.2, 0) is 9.59 Å². The highest BCUT2D eigenvalue weighted by molar-refractivity contribution is 6.31. The van der Waals surface area contributed by atoms with Crippen LogP contribution in [0.2, 0.25) is 5.02 Å². The maximum absolute atomic E-state index is 13.0. The second-order valence-electron chi connectivity index (χ2n) is 3.75. The van der Waals surface area contributed by atoms with Crippen molar-refractivity contribution >= 4 is 29.1 Å². The van der Waals surface area contributed by atoms with Crippen molar-refractivity contribution < 1.29 is 14.0 Å². The molecule has 2 amide bonds. The fourth-order valence-electron chi connectivity index (χ4n) is 1.47. The zero-order valence-electron chi connectivity index (χ0n) is 10.2. The summed E-state index contributed by atoms with van der Waals surface area (Å²) < 4.78 is 13.0. The van der Waals surface area contributed by atoms with Crippen molar-refractivity contribution in [1.29, 1.82) is 0 Å². The van der Waals surface area contributed by atoms with Crippen LogP contribution >= 0.6 is 11.6 Å². The van der Waals surface area contributed by atoms with Gasteiger partial charge in [-0.1, -0.05) is 11.6 Å². The maximum atomic E-state index is 13.0. The Kier molecular flexibility index (Phi) is 5.09. The van der Waals surface area contributed by atoms with Crippen LogP contribution in [0.1, 0.15) is 13.8 Å². The Hall–Kier alpha value is -1.62. The van der Waals surface area contributed by atoms with Crippen molar-refractivity contribution in [2.24, 2.45) is 0 Å². The van der Waals surface area contributed by atoms with E-state index in [1.807, 2.05) is 0 Å². The summed E-state index contributed by atoms with van der Waals surface area (Å²) in [6.45, 7) is 3.42. The molecule has 18 heavy (non-hydrogen) atoms. The second kappa shape index (κ2) is 6.35. The van der Waals surface area contributed by atoms with Gasteiger partial charge in [0.05, 0.1) is 5.02 Å². The molecule has 1 N–H and O–H groups in total. The number of hydrogen-bond donors (Lipinski definition) is 1. The van der Waals surface area contributed by atoms with Gasteiger partial charge in [-0.25, -0.2) is 4.39 Å². The molecule has 0 radical (unpaired) electrons. The summed E-state index contributed by atoms with van der Waals surface area (Å²) in [4.78, 5) is 23.7. The zero-order chi connectivity index (χ0) is 13.7. The van der Waals surface area contributed by atoms with Crippen LogP contribution in [0.15, 0.2) is 18.2 Å². The van der Waals surface area contributed by atoms with Crippen LogP contribution in [0, 0.1) is 5.82 Å². The number of rotatable bonds is 4. The molecule has 98 valence electrons. The Morgan fingerprint density at radius 1 is 1.39 bits per heavy atom. The molecule has 4 nitrogen and oxygen atoms in total. The molecule has 0 heterocycles. The van der Waals surface area contributed by atoms with Gasteiger partial charge < -0.3 is 10.2 Å². The lowest BCUT2D eigenvalue weighted by Gasteiger charge is -2.21. The van der Waals surface area contributed by atoms with E-state index in [9.17, 15) is 14.0 Å². The maximum Gasteiger partial charge on any atom is 0.223 e. The molecule has 0 saturated heterocycles. The number of carbonyl (C=O) groups is 2. The minimum atomic E-state index is -0.536. The van der Waals surface area contributed by atoms with Crippen molar-refractivity contribution in [3.8, 4) is 0 Å². The number of nitrogens with one attached hydrogen (secondary N) is 1. The summed E-state index contributed by atoms with van der Waals surface area (Å²) in [6, 6.07) is 4.05. The Morgan fingerprint density at radius 3 is 2.56 bits per heavy atom. The quantitative estimate of drug-likeness (QED) is 0.911. The van der Waals surface area contributed by atoms with Crippen molar-refractivity contribution in [1.82, 2.24) is 5.32 Å². The molecule has 0 aromatic heterocycles. The van der Waals surface area contributed by atoms with Gasteiger partial charge in [0.15, 0.2) is 0 Å². The van der Waals surface area contributed by atoms with Gasteiger partial charge in [-0.3, -0.25) is 9.59 Å². The van der Waals surface area contributed by atoms with Crippen molar-refractivity contribution in [2.75, 3.05) is 18.0 Å². The predicted octanol–water partition coefficient (Wildman–Crippen LogP) is 1.97. The normalized spacial score (nSPS) is 10.0. The molecule has 0 aliphatic rings. The molecular weight excluding hydrogens is 259 g/mol. The molecule has 0 saturated carbocycles. The van der Waals surface area contributed by atoms with Crippen LogP contribution in [0.4, 0.5) is 10.1 Å². The predicted molar refractivity (Wildman–Crippen MR) is 68.1 cm³/mol. The van der Waals surface area contributed by atoms with E-state index in [1.165, 1.54) is 36.9 Å².